The van der Waals surface area contributed by atoms with Crippen LogP contribution in [-0.2, 0) is 5.41 Å². The third kappa shape index (κ3) is 3.81. The highest BCUT2D eigenvalue weighted by molar-refractivity contribution is 5.50. The molecule has 24 heavy (non-hydrogen) atoms. The van der Waals surface area contributed by atoms with Crippen LogP contribution >= 0.6 is 0 Å². The summed E-state index contributed by atoms with van der Waals surface area (Å²) in [6.45, 7) is 10.9. The van der Waals surface area contributed by atoms with Crippen molar-refractivity contribution in [1.29, 1.82) is 0 Å². The molecule has 1 saturated heterocycles. The van der Waals surface area contributed by atoms with Gasteiger partial charge in [0.15, 0.2) is 0 Å². The normalized spacial score (nSPS) is 21.8. The van der Waals surface area contributed by atoms with Crippen molar-refractivity contribution in [3.05, 3.63) is 65.2 Å². The van der Waals surface area contributed by atoms with Gasteiger partial charge in [-0.1, -0.05) is 57.2 Å². The molecule has 0 spiro atoms. The summed E-state index contributed by atoms with van der Waals surface area (Å²) in [5.41, 5.74) is 12.0. The van der Waals surface area contributed by atoms with E-state index in [0.717, 1.165) is 19.5 Å². The third-order valence-corrected chi connectivity index (χ3v) is 5.10. The number of hydrogen-bond donors (Lipinski definition) is 1. The first-order valence-corrected chi connectivity index (χ1v) is 9.00. The lowest BCUT2D eigenvalue weighted by molar-refractivity contribution is 0.453. The molecule has 1 aliphatic heterocycles. The Bertz CT molecular complexity index is 682. The molecule has 2 aromatic carbocycles. The first-order chi connectivity index (χ1) is 11.3. The fourth-order valence-corrected chi connectivity index (χ4v) is 3.67. The Labute approximate surface area is 146 Å². The maximum Gasteiger partial charge on any atom is 0.0369 e. The summed E-state index contributed by atoms with van der Waals surface area (Å²) in [4.78, 5) is 2.45. The van der Waals surface area contributed by atoms with Crippen molar-refractivity contribution in [2.45, 2.75) is 51.5 Å². The molecule has 1 aliphatic rings. The van der Waals surface area contributed by atoms with E-state index >= 15 is 0 Å². The number of piperidine rings is 1. The van der Waals surface area contributed by atoms with Crippen molar-refractivity contribution in [3.8, 4) is 0 Å². The van der Waals surface area contributed by atoms with Crippen LogP contribution in [0.1, 0.15) is 49.8 Å². The molecule has 128 valence electrons. The highest BCUT2D eigenvalue weighted by atomic mass is 15.2. The van der Waals surface area contributed by atoms with E-state index in [2.05, 4.69) is 81.1 Å². The van der Waals surface area contributed by atoms with Gasteiger partial charge in [0.2, 0.25) is 0 Å². The Hall–Kier alpha value is -1.80. The van der Waals surface area contributed by atoms with E-state index in [1.807, 2.05) is 0 Å². The molecule has 2 atom stereocenters. The minimum absolute atomic E-state index is 0.203. The van der Waals surface area contributed by atoms with Gasteiger partial charge in [0.1, 0.15) is 0 Å². The Balaban J connectivity index is 1.81. The number of rotatable bonds is 2. The zero-order chi connectivity index (χ0) is 17.3. The molecule has 0 bridgehead atoms. The topological polar surface area (TPSA) is 29.3 Å². The first-order valence-electron chi connectivity index (χ1n) is 9.00. The zero-order valence-corrected chi connectivity index (χ0v) is 15.4. The van der Waals surface area contributed by atoms with Gasteiger partial charge in [0.05, 0.1) is 0 Å². The van der Waals surface area contributed by atoms with E-state index in [1.165, 1.54) is 22.4 Å². The number of hydrogen-bond acceptors (Lipinski definition) is 2. The molecule has 0 amide bonds. The first kappa shape index (κ1) is 17.0. The third-order valence-electron chi connectivity index (χ3n) is 5.10. The highest BCUT2D eigenvalue weighted by Gasteiger charge is 2.26. The smallest absolute Gasteiger partial charge is 0.0369 e. The summed E-state index contributed by atoms with van der Waals surface area (Å²) in [6.07, 6.45) is 1.07. The van der Waals surface area contributed by atoms with E-state index in [-0.39, 0.29) is 11.5 Å². The average molecular weight is 322 g/mol. The van der Waals surface area contributed by atoms with Gasteiger partial charge in [0.25, 0.3) is 0 Å². The summed E-state index contributed by atoms with van der Waals surface area (Å²) < 4.78 is 0. The second-order valence-corrected chi connectivity index (χ2v) is 8.31. The summed E-state index contributed by atoms with van der Waals surface area (Å²) in [6, 6.07) is 18.1. The largest absolute Gasteiger partial charge is 0.369 e. The van der Waals surface area contributed by atoms with Crippen molar-refractivity contribution in [3.63, 3.8) is 0 Å². The molecule has 2 nitrogen and oxygen atoms in total. The van der Waals surface area contributed by atoms with Gasteiger partial charge >= 0.3 is 0 Å². The van der Waals surface area contributed by atoms with Crippen LogP contribution in [-0.4, -0.2) is 19.1 Å². The second-order valence-electron chi connectivity index (χ2n) is 8.31. The Kier molecular flexibility index (Phi) is 4.69. The standard InChI is InChI=1S/C22H30N2/c1-16-6-5-7-21(12-16)24-14-18(13-20(23)15-24)17-8-10-19(11-9-17)22(2,3)4/h5-12,18,20H,13-15,23H2,1-4H3. The van der Waals surface area contributed by atoms with Crippen molar-refractivity contribution < 1.29 is 0 Å². The Morgan fingerprint density at radius 2 is 1.71 bits per heavy atom. The molecular weight excluding hydrogens is 292 g/mol. The molecule has 0 aliphatic carbocycles. The van der Waals surface area contributed by atoms with Gasteiger partial charge in [-0.2, -0.15) is 0 Å². The van der Waals surface area contributed by atoms with Gasteiger partial charge in [-0.3, -0.25) is 0 Å². The number of benzene rings is 2. The minimum Gasteiger partial charge on any atom is -0.369 e. The summed E-state index contributed by atoms with van der Waals surface area (Å²) in [5.74, 6) is 0.503. The maximum atomic E-state index is 6.39. The molecule has 0 saturated carbocycles. The Morgan fingerprint density at radius 1 is 1.00 bits per heavy atom. The van der Waals surface area contributed by atoms with Gasteiger partial charge in [-0.15, -0.1) is 0 Å². The monoisotopic (exact) mass is 322 g/mol. The quantitative estimate of drug-likeness (QED) is 0.874. The van der Waals surface area contributed by atoms with Crippen LogP contribution in [0.15, 0.2) is 48.5 Å². The maximum absolute atomic E-state index is 6.39. The van der Waals surface area contributed by atoms with Gasteiger partial charge in [0, 0.05) is 30.7 Å². The van der Waals surface area contributed by atoms with E-state index < -0.39 is 0 Å². The SMILES string of the molecule is Cc1cccc(N2CC(N)CC(c3ccc(C(C)(C)C)cc3)C2)c1. The predicted octanol–water partition coefficient (Wildman–Crippen LogP) is 4.61. The van der Waals surface area contributed by atoms with Crippen LogP contribution in [0.3, 0.4) is 0 Å². The molecule has 2 aromatic rings. The van der Waals surface area contributed by atoms with Crippen molar-refractivity contribution in [2.24, 2.45) is 5.73 Å². The molecule has 2 N–H and O–H groups in total. The number of anilines is 1. The summed E-state index contributed by atoms with van der Waals surface area (Å²) in [5, 5.41) is 0. The van der Waals surface area contributed by atoms with Gasteiger partial charge in [-0.25, -0.2) is 0 Å². The van der Waals surface area contributed by atoms with E-state index in [9.17, 15) is 0 Å². The van der Waals surface area contributed by atoms with Crippen LogP contribution in [0.4, 0.5) is 5.69 Å². The van der Waals surface area contributed by atoms with Crippen molar-refractivity contribution >= 4 is 5.69 Å². The number of nitrogens with zero attached hydrogens (tertiary/aromatic N) is 1. The van der Waals surface area contributed by atoms with Crippen LogP contribution in [0.5, 0.6) is 0 Å². The van der Waals surface area contributed by atoms with Crippen molar-refractivity contribution in [1.82, 2.24) is 0 Å². The molecule has 0 radical (unpaired) electrons. The van der Waals surface area contributed by atoms with E-state index in [4.69, 9.17) is 5.73 Å². The molecule has 1 fully saturated rings. The predicted molar refractivity (Wildman–Crippen MR) is 104 cm³/mol. The van der Waals surface area contributed by atoms with Crippen LogP contribution in [0.25, 0.3) is 0 Å². The molecule has 0 aromatic heterocycles. The van der Waals surface area contributed by atoms with Gasteiger partial charge in [-0.05, 0) is 47.6 Å². The lowest BCUT2D eigenvalue weighted by Gasteiger charge is -2.38. The fraction of sp³-hybridized carbons (Fsp3) is 0.455. The Morgan fingerprint density at radius 3 is 2.33 bits per heavy atom. The zero-order valence-electron chi connectivity index (χ0n) is 15.4. The van der Waals surface area contributed by atoms with E-state index in [1.54, 1.807) is 0 Å². The van der Waals surface area contributed by atoms with Gasteiger partial charge < -0.3 is 10.6 Å². The number of nitrogens with two attached hydrogens (primary N) is 1. The number of aryl methyl sites for hydroxylation is 1. The molecule has 2 heteroatoms. The highest BCUT2D eigenvalue weighted by Crippen LogP contribution is 2.31. The lowest BCUT2D eigenvalue weighted by Crippen LogP contribution is -2.46. The molecule has 1 heterocycles. The molecule has 3 rings (SSSR count). The minimum atomic E-state index is 0.203. The molecule has 2 unspecified atom stereocenters. The summed E-state index contributed by atoms with van der Waals surface area (Å²) in [7, 11) is 0. The van der Waals surface area contributed by atoms with Crippen LogP contribution in [0.2, 0.25) is 0 Å². The van der Waals surface area contributed by atoms with Crippen molar-refractivity contribution in [2.75, 3.05) is 18.0 Å². The van der Waals surface area contributed by atoms with E-state index in [0.29, 0.717) is 5.92 Å². The average Bonchev–Trinajstić information content (AvgIpc) is 2.53. The summed E-state index contributed by atoms with van der Waals surface area (Å²) >= 11 is 0. The van der Waals surface area contributed by atoms with Crippen LogP contribution in [0, 0.1) is 6.92 Å². The fourth-order valence-electron chi connectivity index (χ4n) is 3.67. The van der Waals surface area contributed by atoms with Crippen LogP contribution < -0.4 is 10.6 Å². The molecular formula is C22H30N2. The lowest BCUT2D eigenvalue weighted by atomic mass is 9.83. The second kappa shape index (κ2) is 6.60.